The number of benzene rings is 1. The molecular formula is C15H14N4O. The summed E-state index contributed by atoms with van der Waals surface area (Å²) in [4.78, 5) is 10.0. The number of anilines is 2. The van der Waals surface area contributed by atoms with Crippen molar-refractivity contribution in [2.75, 3.05) is 18.6 Å². The number of rotatable bonds is 2. The van der Waals surface area contributed by atoms with E-state index in [1.165, 1.54) is 11.9 Å². The molecular weight excluding hydrogens is 252 g/mol. The molecule has 0 unspecified atom stereocenters. The Kier molecular flexibility index (Phi) is 3.21. The lowest BCUT2D eigenvalue weighted by atomic mass is 10.1. The maximum absolute atomic E-state index is 8.90. The van der Waals surface area contributed by atoms with Gasteiger partial charge < -0.3 is 9.64 Å². The van der Waals surface area contributed by atoms with E-state index < -0.39 is 0 Å². The molecule has 0 aliphatic carbocycles. The average molecular weight is 266 g/mol. The van der Waals surface area contributed by atoms with E-state index in [0.717, 1.165) is 30.9 Å². The van der Waals surface area contributed by atoms with Gasteiger partial charge in [-0.15, -0.1) is 0 Å². The zero-order chi connectivity index (χ0) is 13.9. The molecule has 0 radical (unpaired) electrons. The molecule has 0 N–H and O–H groups in total. The summed E-state index contributed by atoms with van der Waals surface area (Å²) in [7, 11) is 1.93. The van der Waals surface area contributed by atoms with Crippen molar-refractivity contribution in [2.24, 2.45) is 0 Å². The summed E-state index contributed by atoms with van der Waals surface area (Å²) in [6.45, 7) is 0.791. The molecule has 0 amide bonds. The van der Waals surface area contributed by atoms with Gasteiger partial charge in [0.1, 0.15) is 29.7 Å². The minimum Gasteiger partial charge on any atom is -0.493 e. The minimum atomic E-state index is 0.364. The molecule has 20 heavy (non-hydrogen) atoms. The number of nitriles is 1. The Morgan fingerprint density at radius 1 is 1.30 bits per heavy atom. The van der Waals surface area contributed by atoms with Crippen molar-refractivity contribution >= 4 is 11.5 Å². The van der Waals surface area contributed by atoms with E-state index in [9.17, 15) is 0 Å². The number of aromatic nitrogens is 2. The molecule has 2 aromatic rings. The van der Waals surface area contributed by atoms with Crippen molar-refractivity contribution in [2.45, 2.75) is 12.8 Å². The molecule has 0 saturated heterocycles. The van der Waals surface area contributed by atoms with Gasteiger partial charge in [0.2, 0.25) is 0 Å². The van der Waals surface area contributed by atoms with Crippen molar-refractivity contribution < 1.29 is 4.74 Å². The van der Waals surface area contributed by atoms with Crippen LogP contribution in [-0.2, 0) is 6.42 Å². The van der Waals surface area contributed by atoms with Crippen LogP contribution in [0.1, 0.15) is 17.7 Å². The van der Waals surface area contributed by atoms with Gasteiger partial charge in [-0.05, 0) is 36.6 Å². The Morgan fingerprint density at radius 2 is 2.20 bits per heavy atom. The van der Waals surface area contributed by atoms with E-state index in [1.807, 2.05) is 30.1 Å². The topological polar surface area (TPSA) is 62.0 Å². The lowest BCUT2D eigenvalue weighted by molar-refractivity contribution is 0.288. The van der Waals surface area contributed by atoms with Gasteiger partial charge in [-0.1, -0.05) is 0 Å². The molecule has 100 valence electrons. The Hall–Kier alpha value is -2.61. The largest absolute Gasteiger partial charge is 0.493 e. The van der Waals surface area contributed by atoms with Gasteiger partial charge in [-0.2, -0.15) is 5.26 Å². The summed E-state index contributed by atoms with van der Waals surface area (Å²) < 4.78 is 5.61. The molecule has 3 rings (SSSR count). The second kappa shape index (κ2) is 5.17. The number of aryl methyl sites for hydroxylation is 1. The number of hydrogen-bond acceptors (Lipinski definition) is 5. The summed E-state index contributed by atoms with van der Waals surface area (Å²) >= 11 is 0. The highest BCUT2D eigenvalue weighted by atomic mass is 16.5. The SMILES string of the molecule is CN(c1ccc2c(c1)CCCO2)c1cc(C#N)ncn1. The maximum atomic E-state index is 8.90. The van der Waals surface area contributed by atoms with E-state index in [2.05, 4.69) is 16.0 Å². The van der Waals surface area contributed by atoms with Crippen molar-refractivity contribution in [3.05, 3.63) is 41.9 Å². The van der Waals surface area contributed by atoms with Crippen LogP contribution in [0.2, 0.25) is 0 Å². The van der Waals surface area contributed by atoms with Crippen molar-refractivity contribution in [1.82, 2.24) is 9.97 Å². The molecule has 5 nitrogen and oxygen atoms in total. The number of fused-ring (bicyclic) bond motifs is 1. The highest BCUT2D eigenvalue weighted by Crippen LogP contribution is 2.31. The lowest BCUT2D eigenvalue weighted by Gasteiger charge is -2.22. The Morgan fingerprint density at radius 3 is 3.05 bits per heavy atom. The smallest absolute Gasteiger partial charge is 0.145 e. The Labute approximate surface area is 117 Å². The van der Waals surface area contributed by atoms with Gasteiger partial charge in [-0.25, -0.2) is 9.97 Å². The molecule has 1 aromatic carbocycles. The second-order valence-electron chi connectivity index (χ2n) is 4.68. The fourth-order valence-electron chi connectivity index (χ4n) is 2.28. The first kappa shape index (κ1) is 12.4. The van der Waals surface area contributed by atoms with Crippen LogP contribution in [-0.4, -0.2) is 23.6 Å². The first-order chi connectivity index (χ1) is 9.78. The molecule has 1 aromatic heterocycles. The summed E-state index contributed by atoms with van der Waals surface area (Å²) in [5.41, 5.74) is 2.61. The molecule has 1 aliphatic heterocycles. The standard InChI is InChI=1S/C15H14N4O/c1-19(15-8-12(9-16)17-10-18-15)13-4-5-14-11(7-13)3-2-6-20-14/h4-5,7-8,10H,2-3,6H2,1H3. The van der Waals surface area contributed by atoms with Crippen LogP contribution < -0.4 is 9.64 Å². The normalized spacial score (nSPS) is 13.0. The van der Waals surface area contributed by atoms with Crippen LogP contribution in [0, 0.1) is 11.3 Å². The fourth-order valence-corrected chi connectivity index (χ4v) is 2.28. The van der Waals surface area contributed by atoms with Crippen molar-refractivity contribution in [3.63, 3.8) is 0 Å². The van der Waals surface area contributed by atoms with E-state index in [0.29, 0.717) is 11.5 Å². The van der Waals surface area contributed by atoms with Crippen LogP contribution >= 0.6 is 0 Å². The van der Waals surface area contributed by atoms with Gasteiger partial charge in [-0.3, -0.25) is 0 Å². The van der Waals surface area contributed by atoms with Gasteiger partial charge in [0.05, 0.1) is 6.61 Å². The third-order valence-corrected chi connectivity index (χ3v) is 3.39. The van der Waals surface area contributed by atoms with Gasteiger partial charge >= 0.3 is 0 Å². The van der Waals surface area contributed by atoms with Crippen molar-refractivity contribution in [1.29, 1.82) is 5.26 Å². The van der Waals surface area contributed by atoms with E-state index in [1.54, 1.807) is 6.07 Å². The second-order valence-corrected chi connectivity index (χ2v) is 4.68. The van der Waals surface area contributed by atoms with Crippen LogP contribution in [0.3, 0.4) is 0 Å². The zero-order valence-electron chi connectivity index (χ0n) is 11.2. The molecule has 0 atom stereocenters. The van der Waals surface area contributed by atoms with Crippen LogP contribution in [0.4, 0.5) is 11.5 Å². The third kappa shape index (κ3) is 2.28. The summed E-state index contributed by atoms with van der Waals surface area (Å²) in [6, 6.07) is 9.81. The number of ether oxygens (including phenoxy) is 1. The van der Waals surface area contributed by atoms with Crippen LogP contribution in [0.5, 0.6) is 5.75 Å². The highest BCUT2D eigenvalue weighted by Gasteiger charge is 2.13. The summed E-state index contributed by atoms with van der Waals surface area (Å²) in [5.74, 6) is 1.67. The maximum Gasteiger partial charge on any atom is 0.145 e. The van der Waals surface area contributed by atoms with Crippen LogP contribution in [0.25, 0.3) is 0 Å². The Bertz CT molecular complexity index is 678. The summed E-state index contributed by atoms with van der Waals surface area (Å²) in [6.07, 6.45) is 3.49. The quantitative estimate of drug-likeness (QED) is 0.835. The number of hydrogen-bond donors (Lipinski definition) is 0. The lowest BCUT2D eigenvalue weighted by Crippen LogP contribution is -2.14. The Balaban J connectivity index is 1.93. The first-order valence-corrected chi connectivity index (χ1v) is 6.49. The van der Waals surface area contributed by atoms with E-state index in [4.69, 9.17) is 10.00 Å². The average Bonchev–Trinajstić information content (AvgIpc) is 2.53. The molecule has 0 fully saturated rings. The van der Waals surface area contributed by atoms with Gasteiger partial charge in [0.15, 0.2) is 0 Å². The molecule has 0 saturated carbocycles. The monoisotopic (exact) mass is 266 g/mol. The fraction of sp³-hybridized carbons (Fsp3) is 0.267. The molecule has 1 aliphatic rings. The van der Waals surface area contributed by atoms with Crippen molar-refractivity contribution in [3.8, 4) is 11.8 Å². The van der Waals surface area contributed by atoms with Gasteiger partial charge in [0, 0.05) is 18.8 Å². The molecule has 2 heterocycles. The molecule has 5 heteroatoms. The van der Waals surface area contributed by atoms with E-state index >= 15 is 0 Å². The molecule has 0 spiro atoms. The first-order valence-electron chi connectivity index (χ1n) is 6.49. The van der Waals surface area contributed by atoms with E-state index in [-0.39, 0.29) is 0 Å². The summed E-state index contributed by atoms with van der Waals surface area (Å²) in [5, 5.41) is 8.90. The van der Waals surface area contributed by atoms with Crippen LogP contribution in [0.15, 0.2) is 30.6 Å². The minimum absolute atomic E-state index is 0.364. The predicted molar refractivity (Wildman–Crippen MR) is 75.1 cm³/mol. The number of nitrogens with zero attached hydrogens (tertiary/aromatic N) is 4. The molecule has 0 bridgehead atoms. The predicted octanol–water partition coefficient (Wildman–Crippen LogP) is 2.44. The third-order valence-electron chi connectivity index (χ3n) is 3.39. The highest BCUT2D eigenvalue weighted by molar-refractivity contribution is 5.62. The van der Waals surface area contributed by atoms with Gasteiger partial charge in [0.25, 0.3) is 0 Å². The zero-order valence-corrected chi connectivity index (χ0v) is 11.2.